The van der Waals surface area contributed by atoms with Gasteiger partial charge >= 0.3 is 0 Å². The molecule has 0 saturated carbocycles. The smallest absolute Gasteiger partial charge is 0.295 e. The Morgan fingerprint density at radius 2 is 1.60 bits per heavy atom. The number of aliphatic hydroxyl groups is 1. The third-order valence-corrected chi connectivity index (χ3v) is 5.68. The molecule has 1 saturated heterocycles. The van der Waals surface area contributed by atoms with E-state index in [1.54, 1.807) is 11.0 Å². The normalized spacial score (nSPS) is 18.3. The Morgan fingerprint density at radius 1 is 0.900 bits per heavy atom. The van der Waals surface area contributed by atoms with E-state index in [1.807, 2.05) is 66.7 Å². The van der Waals surface area contributed by atoms with Gasteiger partial charge in [0, 0.05) is 12.1 Å². The zero-order chi connectivity index (χ0) is 21.1. The molecule has 30 heavy (non-hydrogen) atoms. The van der Waals surface area contributed by atoms with Crippen LogP contribution in [0.2, 0.25) is 0 Å². The fourth-order valence-electron chi connectivity index (χ4n) is 4.12. The number of hydrogen-bond acceptors (Lipinski definition) is 3. The molecule has 0 aromatic heterocycles. The van der Waals surface area contributed by atoms with E-state index < -0.39 is 17.7 Å². The maximum absolute atomic E-state index is 13.0. The molecule has 4 nitrogen and oxygen atoms in total. The zero-order valence-corrected chi connectivity index (χ0v) is 17.0. The Morgan fingerprint density at radius 3 is 2.33 bits per heavy atom. The van der Waals surface area contributed by atoms with Crippen LogP contribution in [0, 0.1) is 0 Å². The molecule has 0 spiro atoms. The van der Waals surface area contributed by atoms with E-state index in [0.29, 0.717) is 12.1 Å². The van der Waals surface area contributed by atoms with Crippen molar-refractivity contribution in [2.75, 3.05) is 6.54 Å². The minimum Gasteiger partial charge on any atom is -0.507 e. The molecular formula is C26H25NO3. The quantitative estimate of drug-likeness (QED) is 0.259. The fourth-order valence-corrected chi connectivity index (χ4v) is 4.12. The summed E-state index contributed by atoms with van der Waals surface area (Å²) in [6.07, 6.45) is 2.83. The molecule has 4 heteroatoms. The summed E-state index contributed by atoms with van der Waals surface area (Å²) in [4.78, 5) is 27.5. The molecule has 0 radical (unpaired) electrons. The average molecular weight is 399 g/mol. The predicted molar refractivity (Wildman–Crippen MR) is 119 cm³/mol. The molecule has 1 aliphatic heterocycles. The summed E-state index contributed by atoms with van der Waals surface area (Å²) in [6.45, 7) is 2.59. The van der Waals surface area contributed by atoms with Crippen LogP contribution in [0.3, 0.4) is 0 Å². The van der Waals surface area contributed by atoms with Crippen molar-refractivity contribution in [3.8, 4) is 0 Å². The number of hydrogen-bond donors (Lipinski definition) is 1. The summed E-state index contributed by atoms with van der Waals surface area (Å²) in [7, 11) is 0. The minimum atomic E-state index is -0.619. The van der Waals surface area contributed by atoms with Gasteiger partial charge in [0.1, 0.15) is 5.76 Å². The molecule has 1 unspecified atom stereocenters. The van der Waals surface area contributed by atoms with Crippen LogP contribution >= 0.6 is 0 Å². The van der Waals surface area contributed by atoms with E-state index in [4.69, 9.17) is 0 Å². The Kier molecular flexibility index (Phi) is 5.66. The maximum Gasteiger partial charge on any atom is 0.295 e. The third kappa shape index (κ3) is 3.61. The lowest BCUT2D eigenvalue weighted by atomic mass is 9.94. The lowest BCUT2D eigenvalue weighted by Gasteiger charge is -2.25. The predicted octanol–water partition coefficient (Wildman–Crippen LogP) is 5.45. The molecule has 152 valence electrons. The van der Waals surface area contributed by atoms with Crippen molar-refractivity contribution < 1.29 is 14.7 Å². The van der Waals surface area contributed by atoms with Crippen LogP contribution in [0.5, 0.6) is 0 Å². The van der Waals surface area contributed by atoms with Crippen molar-refractivity contribution >= 4 is 28.2 Å². The number of aliphatic hydroxyl groups excluding tert-OH is 1. The van der Waals surface area contributed by atoms with Crippen molar-refractivity contribution in [1.29, 1.82) is 0 Å². The summed E-state index contributed by atoms with van der Waals surface area (Å²) >= 11 is 0. The first-order chi connectivity index (χ1) is 14.6. The second-order valence-electron chi connectivity index (χ2n) is 7.67. The lowest BCUT2D eigenvalue weighted by molar-refractivity contribution is -0.139. The molecule has 1 amide bonds. The maximum atomic E-state index is 13.0. The number of likely N-dealkylation sites (tertiary alicyclic amines) is 1. The van der Waals surface area contributed by atoms with Gasteiger partial charge in [0.25, 0.3) is 11.7 Å². The van der Waals surface area contributed by atoms with Gasteiger partial charge in [-0.2, -0.15) is 0 Å². The van der Waals surface area contributed by atoms with E-state index in [2.05, 4.69) is 6.92 Å². The molecule has 3 aromatic carbocycles. The summed E-state index contributed by atoms with van der Waals surface area (Å²) in [5.41, 5.74) is 1.54. The number of benzene rings is 3. The van der Waals surface area contributed by atoms with E-state index in [1.165, 1.54) is 0 Å². The average Bonchev–Trinajstić information content (AvgIpc) is 3.04. The Balaban J connectivity index is 1.83. The first-order valence-corrected chi connectivity index (χ1v) is 10.4. The van der Waals surface area contributed by atoms with Gasteiger partial charge in [-0.3, -0.25) is 9.59 Å². The van der Waals surface area contributed by atoms with Crippen molar-refractivity contribution in [2.45, 2.75) is 32.2 Å². The van der Waals surface area contributed by atoms with E-state index in [9.17, 15) is 14.7 Å². The number of carbonyl (C=O) groups is 2. The van der Waals surface area contributed by atoms with Gasteiger partial charge in [0.05, 0.1) is 11.6 Å². The second-order valence-corrected chi connectivity index (χ2v) is 7.67. The Bertz CT molecular complexity index is 1120. The monoisotopic (exact) mass is 399 g/mol. The zero-order valence-electron chi connectivity index (χ0n) is 17.0. The van der Waals surface area contributed by atoms with Crippen LogP contribution in [-0.2, 0) is 9.59 Å². The number of amides is 1. The highest BCUT2D eigenvalue weighted by Gasteiger charge is 2.45. The van der Waals surface area contributed by atoms with E-state index in [0.717, 1.165) is 35.6 Å². The highest BCUT2D eigenvalue weighted by Crippen LogP contribution is 2.39. The molecule has 1 heterocycles. The van der Waals surface area contributed by atoms with E-state index >= 15 is 0 Å². The Labute approximate surface area is 176 Å². The number of fused-ring (bicyclic) bond motifs is 1. The van der Waals surface area contributed by atoms with Crippen molar-refractivity contribution in [1.82, 2.24) is 4.90 Å². The van der Waals surface area contributed by atoms with Crippen molar-refractivity contribution in [3.05, 3.63) is 89.5 Å². The van der Waals surface area contributed by atoms with Crippen LogP contribution in [0.4, 0.5) is 0 Å². The molecule has 3 aromatic rings. The fraction of sp³-hybridized carbons (Fsp3) is 0.231. The van der Waals surface area contributed by atoms with Gasteiger partial charge in [0.2, 0.25) is 0 Å². The number of rotatable bonds is 6. The molecule has 4 rings (SSSR count). The number of Topliss-reactive ketones (excluding diaryl/α,β-unsaturated/α-hetero) is 1. The molecule has 0 bridgehead atoms. The molecule has 1 atom stereocenters. The van der Waals surface area contributed by atoms with Crippen LogP contribution in [0.1, 0.15) is 43.4 Å². The van der Waals surface area contributed by atoms with Gasteiger partial charge in [-0.25, -0.2) is 0 Å². The summed E-state index contributed by atoms with van der Waals surface area (Å²) in [5, 5.41) is 13.2. The number of carbonyl (C=O) groups excluding carboxylic acids is 2. The third-order valence-electron chi connectivity index (χ3n) is 5.68. The highest BCUT2D eigenvalue weighted by molar-refractivity contribution is 6.46. The Hall–Kier alpha value is -3.40. The first-order valence-electron chi connectivity index (χ1n) is 10.4. The van der Waals surface area contributed by atoms with Crippen LogP contribution in [0.15, 0.2) is 78.4 Å². The van der Waals surface area contributed by atoms with Gasteiger partial charge < -0.3 is 10.0 Å². The molecule has 1 N–H and O–H groups in total. The second kappa shape index (κ2) is 8.54. The molecule has 1 fully saturated rings. The van der Waals surface area contributed by atoms with Crippen molar-refractivity contribution in [3.63, 3.8) is 0 Å². The molecule has 0 aliphatic carbocycles. The van der Waals surface area contributed by atoms with Gasteiger partial charge in [-0.1, -0.05) is 86.5 Å². The van der Waals surface area contributed by atoms with E-state index in [-0.39, 0.29) is 11.3 Å². The topological polar surface area (TPSA) is 57.6 Å². The summed E-state index contributed by atoms with van der Waals surface area (Å²) < 4.78 is 0. The van der Waals surface area contributed by atoms with Crippen LogP contribution in [-0.4, -0.2) is 28.2 Å². The van der Waals surface area contributed by atoms with Crippen LogP contribution in [0.25, 0.3) is 16.5 Å². The van der Waals surface area contributed by atoms with Crippen molar-refractivity contribution in [2.24, 2.45) is 0 Å². The standard InChI is InChI=1S/C26H25NO3/c1-2-3-9-16-27-23(19-11-5-4-6-12-19)22(25(29)26(27)30)24(28)21-15-14-18-10-7-8-13-20(18)17-21/h4-8,10-15,17,23,28H,2-3,9,16H2,1H3/b24-22-. The molecule has 1 aliphatic rings. The molecular weight excluding hydrogens is 374 g/mol. The first kappa shape index (κ1) is 19.9. The van der Waals surface area contributed by atoms with Crippen LogP contribution < -0.4 is 0 Å². The highest BCUT2D eigenvalue weighted by atomic mass is 16.3. The summed E-state index contributed by atoms with van der Waals surface area (Å²) in [6, 6.07) is 22.3. The van der Waals surface area contributed by atoms with Gasteiger partial charge in [-0.05, 0) is 28.8 Å². The minimum absolute atomic E-state index is 0.119. The number of unbranched alkanes of at least 4 members (excludes halogenated alkanes) is 2. The summed E-state index contributed by atoms with van der Waals surface area (Å²) in [5.74, 6) is -1.28. The number of ketones is 1. The SMILES string of the molecule is CCCCCN1C(=O)C(=O)/C(=C(\O)c2ccc3ccccc3c2)C1c1ccccc1. The van der Waals surface area contributed by atoms with Gasteiger partial charge in [0.15, 0.2) is 0 Å². The largest absolute Gasteiger partial charge is 0.507 e. The number of nitrogens with zero attached hydrogens (tertiary/aromatic N) is 1. The van der Waals surface area contributed by atoms with Gasteiger partial charge in [-0.15, -0.1) is 0 Å². The lowest BCUT2D eigenvalue weighted by Crippen LogP contribution is -2.30.